The maximum atomic E-state index is 12.6. The number of likely N-dealkylation sites (tertiary alicyclic amines) is 1. The van der Waals surface area contributed by atoms with Gasteiger partial charge >= 0.3 is 0 Å². The van der Waals surface area contributed by atoms with Crippen LogP contribution < -0.4 is 0 Å². The van der Waals surface area contributed by atoms with Crippen LogP contribution in [0.5, 0.6) is 0 Å². The van der Waals surface area contributed by atoms with Gasteiger partial charge in [-0.25, -0.2) is 8.42 Å². The Bertz CT molecular complexity index is 659. The largest absolute Gasteiger partial charge is 0.337 e. The Kier molecular flexibility index (Phi) is 3.99. The average Bonchev–Trinajstić information content (AvgIpc) is 2.91. The molecule has 1 spiro atoms. The van der Waals surface area contributed by atoms with Gasteiger partial charge in [-0.05, 0) is 31.4 Å². The van der Waals surface area contributed by atoms with E-state index in [2.05, 4.69) is 0 Å². The van der Waals surface area contributed by atoms with E-state index >= 15 is 0 Å². The predicted molar refractivity (Wildman–Crippen MR) is 85.1 cm³/mol. The topological polar surface area (TPSA) is 57.7 Å². The van der Waals surface area contributed by atoms with E-state index in [4.69, 9.17) is 0 Å². The first-order valence-electron chi connectivity index (χ1n) is 7.75. The Morgan fingerprint density at radius 3 is 2.50 bits per heavy atom. The maximum absolute atomic E-state index is 12.6. The third-order valence-corrected chi connectivity index (χ3v) is 6.19. The van der Waals surface area contributed by atoms with Crippen molar-refractivity contribution in [3.8, 4) is 0 Å². The summed E-state index contributed by atoms with van der Waals surface area (Å²) in [7, 11) is -3.24. The summed E-state index contributed by atoms with van der Waals surface area (Å²) in [6.45, 7) is 1.71. The molecule has 120 valence electrons. The van der Waals surface area contributed by atoms with Crippen molar-refractivity contribution in [2.24, 2.45) is 0 Å². The van der Waals surface area contributed by atoms with Gasteiger partial charge in [0.1, 0.15) is 0 Å². The molecule has 0 N–H and O–H groups in total. The molecule has 6 heteroatoms. The molecule has 1 aromatic carbocycles. The molecule has 0 unspecified atom stereocenters. The molecule has 22 heavy (non-hydrogen) atoms. The fourth-order valence-electron chi connectivity index (χ4n) is 3.79. The van der Waals surface area contributed by atoms with Crippen LogP contribution in [0.15, 0.2) is 30.3 Å². The fraction of sp³-hybridized carbons (Fsp3) is 0.562. The van der Waals surface area contributed by atoms with Crippen molar-refractivity contribution >= 4 is 15.9 Å². The number of nitrogens with zero attached hydrogens (tertiary/aromatic N) is 2. The van der Waals surface area contributed by atoms with Crippen LogP contribution in [0.4, 0.5) is 0 Å². The number of benzene rings is 1. The number of hydrogen-bond donors (Lipinski definition) is 0. The van der Waals surface area contributed by atoms with E-state index in [-0.39, 0.29) is 5.91 Å². The van der Waals surface area contributed by atoms with Gasteiger partial charge in [0.15, 0.2) is 0 Å². The summed E-state index contributed by atoms with van der Waals surface area (Å²) in [6.07, 6.45) is 4.79. The molecule has 2 aliphatic heterocycles. The summed E-state index contributed by atoms with van der Waals surface area (Å²) in [5.74, 6) is -0.00324. The third-order valence-electron chi connectivity index (χ3n) is 4.82. The zero-order valence-corrected chi connectivity index (χ0v) is 13.7. The second-order valence-corrected chi connectivity index (χ2v) is 8.27. The smallest absolute Gasteiger partial charge is 0.253 e. The van der Waals surface area contributed by atoms with E-state index in [1.807, 2.05) is 30.3 Å². The van der Waals surface area contributed by atoms with E-state index in [0.29, 0.717) is 25.2 Å². The summed E-state index contributed by atoms with van der Waals surface area (Å²) in [6, 6.07) is 9.20. The summed E-state index contributed by atoms with van der Waals surface area (Å²) in [5.41, 5.74) is 0.275. The highest BCUT2D eigenvalue weighted by Gasteiger charge is 2.49. The fourth-order valence-corrected chi connectivity index (χ4v) is 5.19. The lowest BCUT2D eigenvalue weighted by Crippen LogP contribution is -2.55. The second kappa shape index (κ2) is 5.66. The summed E-state index contributed by atoms with van der Waals surface area (Å²) >= 11 is 0. The van der Waals surface area contributed by atoms with Gasteiger partial charge in [0.05, 0.1) is 11.8 Å². The molecule has 0 saturated carbocycles. The molecular weight excluding hydrogens is 300 g/mol. The van der Waals surface area contributed by atoms with Gasteiger partial charge in [-0.2, -0.15) is 4.31 Å². The number of carbonyl (C=O) groups is 1. The molecule has 3 rings (SSSR count). The highest BCUT2D eigenvalue weighted by molar-refractivity contribution is 7.88. The summed E-state index contributed by atoms with van der Waals surface area (Å²) in [4.78, 5) is 14.4. The van der Waals surface area contributed by atoms with Gasteiger partial charge in [0.2, 0.25) is 10.0 Å². The van der Waals surface area contributed by atoms with Crippen molar-refractivity contribution in [3.63, 3.8) is 0 Å². The van der Waals surface area contributed by atoms with E-state index in [1.165, 1.54) is 6.26 Å². The Morgan fingerprint density at radius 1 is 1.09 bits per heavy atom. The predicted octanol–water partition coefficient (Wildman–Crippen LogP) is 1.72. The number of rotatable bonds is 2. The molecular formula is C16H22N2O3S. The number of carbonyl (C=O) groups excluding carboxylic acids is 1. The van der Waals surface area contributed by atoms with Crippen LogP contribution in [0.1, 0.15) is 36.0 Å². The number of amides is 1. The highest BCUT2D eigenvalue weighted by atomic mass is 32.2. The molecule has 1 aromatic rings. The van der Waals surface area contributed by atoms with E-state index in [0.717, 1.165) is 25.7 Å². The van der Waals surface area contributed by atoms with Gasteiger partial charge in [-0.1, -0.05) is 24.6 Å². The Labute approximate surface area is 132 Å². The van der Waals surface area contributed by atoms with Crippen LogP contribution in [0, 0.1) is 0 Å². The first kappa shape index (κ1) is 15.5. The van der Waals surface area contributed by atoms with Gasteiger partial charge < -0.3 is 4.90 Å². The monoisotopic (exact) mass is 322 g/mol. The van der Waals surface area contributed by atoms with Crippen molar-refractivity contribution in [1.29, 1.82) is 0 Å². The Balaban J connectivity index is 1.82. The molecule has 1 amide bonds. The molecule has 0 radical (unpaired) electrons. The van der Waals surface area contributed by atoms with Crippen molar-refractivity contribution in [3.05, 3.63) is 35.9 Å². The lowest BCUT2D eigenvalue weighted by atomic mass is 9.88. The SMILES string of the molecule is CS(=O)(=O)N1CCCC[C@]12CCN(C(=O)c1ccccc1)C2. The third kappa shape index (κ3) is 2.77. The van der Waals surface area contributed by atoms with Crippen LogP contribution >= 0.6 is 0 Å². The normalized spacial score (nSPS) is 26.5. The molecule has 0 aliphatic carbocycles. The molecule has 1 atom stereocenters. The second-order valence-electron chi connectivity index (χ2n) is 6.36. The molecule has 2 fully saturated rings. The lowest BCUT2D eigenvalue weighted by molar-refractivity contribution is 0.0741. The summed E-state index contributed by atoms with van der Waals surface area (Å²) in [5, 5.41) is 0. The molecule has 2 aliphatic rings. The molecule has 2 heterocycles. The van der Waals surface area contributed by atoms with Gasteiger partial charge in [0.25, 0.3) is 5.91 Å². The van der Waals surface area contributed by atoms with Crippen LogP contribution in [-0.4, -0.2) is 55.0 Å². The molecule has 0 bridgehead atoms. The van der Waals surface area contributed by atoms with Crippen molar-refractivity contribution in [1.82, 2.24) is 9.21 Å². The van der Waals surface area contributed by atoms with Crippen molar-refractivity contribution < 1.29 is 13.2 Å². The van der Waals surface area contributed by atoms with Crippen LogP contribution in [0.3, 0.4) is 0 Å². The zero-order valence-electron chi connectivity index (χ0n) is 12.9. The van der Waals surface area contributed by atoms with Crippen LogP contribution in [-0.2, 0) is 10.0 Å². The quantitative estimate of drug-likeness (QED) is 0.833. The van der Waals surface area contributed by atoms with Crippen LogP contribution in [0.25, 0.3) is 0 Å². The van der Waals surface area contributed by atoms with E-state index < -0.39 is 15.6 Å². The van der Waals surface area contributed by atoms with Gasteiger partial charge in [0, 0.05) is 25.2 Å². The minimum absolute atomic E-state index is 0.00324. The average molecular weight is 322 g/mol. The van der Waals surface area contributed by atoms with E-state index in [1.54, 1.807) is 9.21 Å². The van der Waals surface area contributed by atoms with Crippen LogP contribution in [0.2, 0.25) is 0 Å². The number of hydrogen-bond acceptors (Lipinski definition) is 3. The number of sulfonamides is 1. The number of piperidine rings is 1. The standard InChI is InChI=1S/C16H22N2O3S/c1-22(20,21)18-11-6-5-9-16(18)10-12-17(13-16)15(19)14-7-3-2-4-8-14/h2-4,7-8H,5-6,9-13H2,1H3/t16-/m1/s1. The first-order valence-corrected chi connectivity index (χ1v) is 9.59. The van der Waals surface area contributed by atoms with Gasteiger partial charge in [-0.15, -0.1) is 0 Å². The summed E-state index contributed by atoms with van der Waals surface area (Å²) < 4.78 is 25.9. The lowest BCUT2D eigenvalue weighted by Gasteiger charge is -2.42. The Hall–Kier alpha value is -1.40. The molecule has 0 aromatic heterocycles. The first-order chi connectivity index (χ1) is 10.4. The van der Waals surface area contributed by atoms with Gasteiger partial charge in [-0.3, -0.25) is 4.79 Å². The van der Waals surface area contributed by atoms with Crippen molar-refractivity contribution in [2.75, 3.05) is 25.9 Å². The van der Waals surface area contributed by atoms with E-state index in [9.17, 15) is 13.2 Å². The minimum atomic E-state index is -3.24. The Morgan fingerprint density at radius 2 is 1.82 bits per heavy atom. The highest BCUT2D eigenvalue weighted by Crippen LogP contribution is 2.38. The minimum Gasteiger partial charge on any atom is -0.337 e. The zero-order chi connectivity index (χ0) is 15.8. The maximum Gasteiger partial charge on any atom is 0.253 e. The molecule has 2 saturated heterocycles. The van der Waals surface area contributed by atoms with Crippen molar-refractivity contribution in [2.45, 2.75) is 31.2 Å². The molecule has 5 nitrogen and oxygen atoms in total.